The van der Waals surface area contributed by atoms with Gasteiger partial charge in [-0.05, 0) is 19.1 Å². The van der Waals surface area contributed by atoms with Crippen LogP contribution in [-0.4, -0.2) is 25.8 Å². The van der Waals surface area contributed by atoms with Gasteiger partial charge in [-0.1, -0.05) is 17.7 Å². The maximum absolute atomic E-state index is 11.6. The monoisotopic (exact) mass is 243 g/mol. The fourth-order valence-electron chi connectivity index (χ4n) is 1.12. The highest BCUT2D eigenvalue weighted by Crippen LogP contribution is 2.23. The molecule has 0 atom stereocenters. The van der Waals surface area contributed by atoms with Gasteiger partial charge in [0.25, 0.3) is 0 Å². The van der Waals surface area contributed by atoms with E-state index in [2.05, 4.69) is 0 Å². The highest BCUT2D eigenvalue weighted by molar-refractivity contribution is 6.36. The molecule has 0 saturated carbocycles. The molecule has 88 valence electrons. The Bertz CT molecular complexity index is 368. The normalized spacial score (nSPS) is 10.1. The van der Waals surface area contributed by atoms with Crippen LogP contribution < -0.4 is 5.73 Å². The number of carbonyl (C=O) groups is 1. The Kier molecular flexibility index (Phi) is 5.08. The molecule has 0 saturated heterocycles. The zero-order valence-electron chi connectivity index (χ0n) is 9.03. The molecule has 4 nitrogen and oxygen atoms in total. The van der Waals surface area contributed by atoms with E-state index in [0.717, 1.165) is 0 Å². The third-order valence-electron chi connectivity index (χ3n) is 1.91. The number of nitrogens with two attached hydrogens (primary N) is 1. The van der Waals surface area contributed by atoms with Crippen molar-refractivity contribution in [1.82, 2.24) is 0 Å². The molecule has 0 radical (unpaired) electrons. The summed E-state index contributed by atoms with van der Waals surface area (Å²) >= 11 is 5.87. The van der Waals surface area contributed by atoms with Crippen LogP contribution in [0.1, 0.15) is 17.3 Å². The number of ether oxygens (including phenoxy) is 2. The van der Waals surface area contributed by atoms with Crippen LogP contribution in [0.15, 0.2) is 18.2 Å². The molecule has 0 fully saturated rings. The minimum atomic E-state index is -0.489. The van der Waals surface area contributed by atoms with Gasteiger partial charge in [-0.3, -0.25) is 0 Å². The third kappa shape index (κ3) is 3.40. The van der Waals surface area contributed by atoms with Crippen molar-refractivity contribution in [3.63, 3.8) is 0 Å². The largest absolute Gasteiger partial charge is 0.460 e. The van der Waals surface area contributed by atoms with Crippen LogP contribution >= 0.6 is 11.6 Å². The molecule has 1 aromatic rings. The van der Waals surface area contributed by atoms with Gasteiger partial charge in [-0.15, -0.1) is 0 Å². The Hall–Kier alpha value is -1.26. The summed E-state index contributed by atoms with van der Waals surface area (Å²) in [6, 6.07) is 4.85. The van der Waals surface area contributed by atoms with E-state index in [1.165, 1.54) is 0 Å². The molecule has 0 amide bonds. The van der Waals surface area contributed by atoms with E-state index in [1.54, 1.807) is 18.2 Å². The van der Waals surface area contributed by atoms with E-state index in [4.69, 9.17) is 26.8 Å². The second-order valence-corrected chi connectivity index (χ2v) is 3.42. The number of hydrogen-bond acceptors (Lipinski definition) is 4. The number of esters is 1. The average molecular weight is 244 g/mol. The molecular weight excluding hydrogens is 230 g/mol. The van der Waals surface area contributed by atoms with Gasteiger partial charge >= 0.3 is 5.97 Å². The lowest BCUT2D eigenvalue weighted by molar-refractivity contribution is 0.0335. The molecule has 0 bridgehead atoms. The summed E-state index contributed by atoms with van der Waals surface area (Å²) < 4.78 is 10.0. The second-order valence-electron chi connectivity index (χ2n) is 3.04. The first-order chi connectivity index (χ1) is 7.66. The standard InChI is InChI=1S/C11H14ClNO3/c1-2-15-6-7-16-11(14)8-4-3-5-9(13)10(8)12/h3-5H,2,6-7,13H2,1H3. The Morgan fingerprint density at radius 2 is 2.19 bits per heavy atom. The van der Waals surface area contributed by atoms with E-state index in [0.29, 0.717) is 18.9 Å². The van der Waals surface area contributed by atoms with Gasteiger partial charge in [0.05, 0.1) is 22.9 Å². The lowest BCUT2D eigenvalue weighted by atomic mass is 10.2. The summed E-state index contributed by atoms with van der Waals surface area (Å²) in [5.74, 6) is -0.489. The van der Waals surface area contributed by atoms with E-state index < -0.39 is 5.97 Å². The highest BCUT2D eigenvalue weighted by atomic mass is 35.5. The predicted octanol–water partition coefficient (Wildman–Crippen LogP) is 2.12. The van der Waals surface area contributed by atoms with Gasteiger partial charge in [0.15, 0.2) is 0 Å². The first kappa shape index (κ1) is 12.8. The number of carbonyl (C=O) groups excluding carboxylic acids is 1. The minimum absolute atomic E-state index is 0.206. The molecule has 0 aliphatic rings. The first-order valence-electron chi connectivity index (χ1n) is 4.95. The van der Waals surface area contributed by atoms with Crippen molar-refractivity contribution in [2.75, 3.05) is 25.6 Å². The van der Waals surface area contributed by atoms with Gasteiger partial charge in [-0.25, -0.2) is 4.79 Å². The first-order valence-corrected chi connectivity index (χ1v) is 5.33. The van der Waals surface area contributed by atoms with Crippen molar-refractivity contribution in [2.24, 2.45) is 0 Å². The summed E-state index contributed by atoms with van der Waals surface area (Å²) in [7, 11) is 0. The molecule has 0 aromatic heterocycles. The van der Waals surface area contributed by atoms with Gasteiger partial charge < -0.3 is 15.2 Å². The SMILES string of the molecule is CCOCCOC(=O)c1cccc(N)c1Cl. The number of benzene rings is 1. The Morgan fingerprint density at radius 1 is 1.44 bits per heavy atom. The number of rotatable bonds is 5. The smallest absolute Gasteiger partial charge is 0.339 e. The second kappa shape index (κ2) is 6.35. The van der Waals surface area contributed by atoms with Crippen molar-refractivity contribution < 1.29 is 14.3 Å². The molecule has 5 heteroatoms. The molecule has 0 spiro atoms. The molecule has 0 aliphatic carbocycles. The van der Waals surface area contributed by atoms with Crippen LogP contribution in [0.25, 0.3) is 0 Å². The summed E-state index contributed by atoms with van der Waals surface area (Å²) in [5, 5.41) is 0.226. The van der Waals surface area contributed by atoms with Crippen molar-refractivity contribution in [1.29, 1.82) is 0 Å². The van der Waals surface area contributed by atoms with Gasteiger partial charge in [0.1, 0.15) is 6.61 Å². The number of hydrogen-bond donors (Lipinski definition) is 1. The van der Waals surface area contributed by atoms with Crippen LogP contribution in [0.5, 0.6) is 0 Å². The van der Waals surface area contributed by atoms with Gasteiger partial charge in [-0.2, -0.15) is 0 Å². The topological polar surface area (TPSA) is 61.5 Å². The fraction of sp³-hybridized carbons (Fsp3) is 0.364. The van der Waals surface area contributed by atoms with Crippen LogP contribution in [0, 0.1) is 0 Å². The van der Waals surface area contributed by atoms with E-state index >= 15 is 0 Å². The molecular formula is C11H14ClNO3. The van der Waals surface area contributed by atoms with Crippen LogP contribution in [0.2, 0.25) is 5.02 Å². The minimum Gasteiger partial charge on any atom is -0.460 e. The van der Waals surface area contributed by atoms with E-state index in [1.807, 2.05) is 6.92 Å². The van der Waals surface area contributed by atoms with Crippen molar-refractivity contribution in [3.8, 4) is 0 Å². The zero-order chi connectivity index (χ0) is 12.0. The van der Waals surface area contributed by atoms with E-state index in [9.17, 15) is 4.79 Å². The van der Waals surface area contributed by atoms with Gasteiger partial charge in [0.2, 0.25) is 0 Å². The summed E-state index contributed by atoms with van der Waals surface area (Å²) in [4.78, 5) is 11.6. The summed E-state index contributed by atoms with van der Waals surface area (Å²) in [6.07, 6.45) is 0. The molecule has 0 unspecified atom stereocenters. The Morgan fingerprint density at radius 3 is 2.88 bits per heavy atom. The fourth-order valence-corrected chi connectivity index (χ4v) is 1.33. The number of anilines is 1. The predicted molar refractivity (Wildman–Crippen MR) is 62.6 cm³/mol. The summed E-state index contributed by atoms with van der Waals surface area (Å²) in [5.41, 5.74) is 6.21. The molecule has 0 heterocycles. The van der Waals surface area contributed by atoms with Crippen LogP contribution in [0.3, 0.4) is 0 Å². The average Bonchev–Trinajstić information content (AvgIpc) is 2.28. The lowest BCUT2D eigenvalue weighted by Gasteiger charge is -2.07. The molecule has 16 heavy (non-hydrogen) atoms. The summed E-state index contributed by atoms with van der Waals surface area (Å²) in [6.45, 7) is 3.05. The maximum atomic E-state index is 11.6. The Balaban J connectivity index is 2.56. The Labute approximate surface area is 99.3 Å². The molecule has 1 rings (SSSR count). The van der Waals surface area contributed by atoms with Crippen LogP contribution in [0.4, 0.5) is 5.69 Å². The molecule has 2 N–H and O–H groups in total. The van der Waals surface area contributed by atoms with Gasteiger partial charge in [0, 0.05) is 6.61 Å². The molecule has 1 aromatic carbocycles. The lowest BCUT2D eigenvalue weighted by Crippen LogP contribution is -2.11. The molecule has 0 aliphatic heterocycles. The van der Waals surface area contributed by atoms with E-state index in [-0.39, 0.29) is 17.2 Å². The zero-order valence-corrected chi connectivity index (χ0v) is 9.79. The number of halogens is 1. The number of nitrogen functional groups attached to an aromatic ring is 1. The maximum Gasteiger partial charge on any atom is 0.339 e. The van der Waals surface area contributed by atoms with Crippen molar-refractivity contribution in [3.05, 3.63) is 28.8 Å². The highest BCUT2D eigenvalue weighted by Gasteiger charge is 2.12. The van der Waals surface area contributed by atoms with Crippen molar-refractivity contribution in [2.45, 2.75) is 6.92 Å². The third-order valence-corrected chi connectivity index (χ3v) is 2.34. The van der Waals surface area contributed by atoms with Crippen molar-refractivity contribution >= 4 is 23.3 Å². The van der Waals surface area contributed by atoms with Crippen LogP contribution in [-0.2, 0) is 9.47 Å². The quantitative estimate of drug-likeness (QED) is 0.489.